The minimum atomic E-state index is -2.22. The van der Waals surface area contributed by atoms with Crippen molar-refractivity contribution in [1.82, 2.24) is 19.1 Å². The lowest BCUT2D eigenvalue weighted by atomic mass is 9.77. The highest BCUT2D eigenvalue weighted by molar-refractivity contribution is 6.74. The number of carbonyl (C=O) groups is 1. The summed E-state index contributed by atoms with van der Waals surface area (Å²) >= 11 is 0. The van der Waals surface area contributed by atoms with Crippen molar-refractivity contribution in [2.45, 2.75) is 152 Å². The van der Waals surface area contributed by atoms with Gasteiger partial charge in [-0.15, -0.1) is 0 Å². The summed E-state index contributed by atoms with van der Waals surface area (Å²) in [6, 6.07) is 59.8. The zero-order valence-corrected chi connectivity index (χ0v) is 55.4. The number of methoxy groups -OCH3 is 2. The average molecular weight is 1240 g/mol. The van der Waals surface area contributed by atoms with Gasteiger partial charge in [0.1, 0.15) is 46.6 Å². The normalized spacial score (nSPS) is 19.3. The first kappa shape index (κ1) is 65.6. The van der Waals surface area contributed by atoms with Gasteiger partial charge in [-0.05, 0) is 113 Å². The van der Waals surface area contributed by atoms with Crippen molar-refractivity contribution in [2.24, 2.45) is 0 Å². The van der Waals surface area contributed by atoms with Gasteiger partial charge in [0.25, 0.3) is 0 Å². The van der Waals surface area contributed by atoms with Crippen molar-refractivity contribution in [3.05, 3.63) is 249 Å². The van der Waals surface area contributed by atoms with Crippen LogP contribution in [0.25, 0.3) is 0 Å². The van der Waals surface area contributed by atoms with E-state index in [2.05, 4.69) is 137 Å². The van der Waals surface area contributed by atoms with E-state index in [0.717, 1.165) is 51.2 Å². The third kappa shape index (κ3) is 14.1. The van der Waals surface area contributed by atoms with E-state index in [-0.39, 0.29) is 10.1 Å². The van der Waals surface area contributed by atoms with Crippen molar-refractivity contribution >= 4 is 34.6 Å². The lowest BCUT2D eigenvalue weighted by Gasteiger charge is -2.39. The maximum absolute atomic E-state index is 13.8. The molecular formula is C71H86N6O10Si2. The first-order chi connectivity index (χ1) is 42.3. The van der Waals surface area contributed by atoms with Crippen LogP contribution in [0.4, 0.5) is 11.6 Å². The van der Waals surface area contributed by atoms with Gasteiger partial charge in [-0.1, -0.05) is 187 Å². The van der Waals surface area contributed by atoms with E-state index in [1.807, 2.05) is 121 Å². The van der Waals surface area contributed by atoms with Gasteiger partial charge in [0.15, 0.2) is 29.1 Å². The van der Waals surface area contributed by atoms with E-state index >= 15 is 0 Å². The molecule has 0 spiro atoms. The van der Waals surface area contributed by atoms with Gasteiger partial charge in [0.05, 0.1) is 38.6 Å². The summed E-state index contributed by atoms with van der Waals surface area (Å²) in [6.45, 7) is 23.4. The van der Waals surface area contributed by atoms with Crippen LogP contribution in [-0.2, 0) is 34.2 Å². The molecule has 89 heavy (non-hydrogen) atoms. The molecule has 468 valence electrons. The summed E-state index contributed by atoms with van der Waals surface area (Å²) in [7, 11) is -1.14. The average Bonchev–Trinajstić information content (AvgIpc) is 1.37. The number of nitrogens with one attached hydrogen (secondary N) is 2. The molecule has 7 atom stereocenters. The number of rotatable bonds is 20. The zero-order chi connectivity index (χ0) is 63.9. The van der Waals surface area contributed by atoms with Gasteiger partial charge in [-0.2, -0.15) is 9.97 Å². The van der Waals surface area contributed by atoms with Crippen LogP contribution in [0.2, 0.25) is 36.3 Å². The number of aliphatic hydroxyl groups excluding tert-OH is 1. The van der Waals surface area contributed by atoms with Crippen molar-refractivity contribution in [2.75, 3.05) is 24.9 Å². The van der Waals surface area contributed by atoms with Crippen LogP contribution in [0.3, 0.4) is 0 Å². The number of hydrogen-bond donors (Lipinski definition) is 3. The van der Waals surface area contributed by atoms with Gasteiger partial charge in [-0.3, -0.25) is 9.13 Å². The Balaban J connectivity index is 0.000000211. The number of hydrogen-bond acceptors (Lipinski definition) is 14. The SMILES string of the molecule is COc1ccc(C(Nc2ccn([C@@H]3O[C@H](C(C)O)C[C@H]3O[Si](C)(C)C(C)(C)C)c(=O)n2)(c2ccccc2)c2ccccc2)cc1.COc1ccc(C(Nc2ccn([C@@H]3O[C@H](C=O)C[C@H]3O[Si](C)(C)C(C)(C)C)c(=O)n2)(c2ccccc2)c2ccccc2)cc1. The van der Waals surface area contributed by atoms with Crippen molar-refractivity contribution < 1.29 is 37.7 Å². The number of benzene rings is 6. The molecule has 2 fully saturated rings. The smallest absolute Gasteiger partial charge is 0.351 e. The molecule has 3 N–H and O–H groups in total. The molecule has 0 amide bonds. The van der Waals surface area contributed by atoms with Crippen molar-refractivity contribution in [3.8, 4) is 11.5 Å². The van der Waals surface area contributed by atoms with E-state index in [1.165, 1.54) is 9.13 Å². The lowest BCUT2D eigenvalue weighted by Crippen LogP contribution is -2.46. The highest BCUT2D eigenvalue weighted by Crippen LogP contribution is 2.46. The van der Waals surface area contributed by atoms with E-state index < -0.39 is 82.1 Å². The minimum absolute atomic E-state index is 0.0306. The summed E-state index contributed by atoms with van der Waals surface area (Å²) in [6.07, 6.45) is 0.922. The first-order valence-corrected chi connectivity index (χ1v) is 36.2. The van der Waals surface area contributed by atoms with Crippen LogP contribution in [0.5, 0.6) is 11.5 Å². The number of aliphatic hydroxyl groups is 1. The second-order valence-electron chi connectivity index (χ2n) is 26.0. The predicted molar refractivity (Wildman–Crippen MR) is 355 cm³/mol. The Labute approximate surface area is 525 Å². The van der Waals surface area contributed by atoms with Gasteiger partial charge >= 0.3 is 11.4 Å². The molecule has 2 saturated heterocycles. The Morgan fingerprint density at radius 2 is 0.843 bits per heavy atom. The molecule has 0 radical (unpaired) electrons. The Hall–Kier alpha value is -7.82. The minimum Gasteiger partial charge on any atom is -0.497 e. The molecule has 1 unspecified atom stereocenters. The standard InChI is InChI=1S/C36H45N3O5Si.C35H41N3O5Si/c1-25(40)30-24-31(44-45(6,7)35(2,3)4)33(43-30)39-23-22-32(37-34(39)41)38-36(26-14-10-8-11-15-26,27-16-12-9-13-17-27)28-18-20-29(42-5)21-19-28;1-34(2,3)44(5,6)43-30-23-29(24-39)42-32(30)38-22-21-31(36-33(38)40)37-35(25-13-9-7-10-14-25,26-15-11-8-12-16-26)27-17-19-28(41-4)20-18-27/h8-23,25,30-31,33,40H,24H2,1-7H3,(H,37,38,41);7-22,24,29-30,32H,23H2,1-6H3,(H,36,37,40)/t25?,30-,31+,33+;29-,30+,32+/m00/s1. The first-order valence-electron chi connectivity index (χ1n) is 30.4. The molecule has 0 bridgehead atoms. The van der Waals surface area contributed by atoms with Crippen LogP contribution >= 0.6 is 0 Å². The van der Waals surface area contributed by atoms with Crippen LogP contribution in [0.1, 0.15) is 107 Å². The number of nitrogens with zero attached hydrogens (tertiary/aromatic N) is 4. The monoisotopic (exact) mass is 1240 g/mol. The Morgan fingerprint density at radius 3 is 1.15 bits per heavy atom. The van der Waals surface area contributed by atoms with Crippen molar-refractivity contribution in [3.63, 3.8) is 0 Å². The van der Waals surface area contributed by atoms with Crippen LogP contribution in [-0.4, -0.2) is 91.9 Å². The highest BCUT2D eigenvalue weighted by atomic mass is 28.4. The maximum Gasteiger partial charge on any atom is 0.351 e. The van der Waals surface area contributed by atoms with Gasteiger partial charge in [-0.25, -0.2) is 9.59 Å². The molecule has 2 aliphatic heterocycles. The maximum atomic E-state index is 13.8. The van der Waals surface area contributed by atoms with E-state index in [4.69, 9.17) is 27.8 Å². The number of aldehydes is 1. The Kier molecular flexibility index (Phi) is 20.0. The van der Waals surface area contributed by atoms with E-state index in [0.29, 0.717) is 24.5 Å². The Morgan fingerprint density at radius 1 is 0.517 bits per heavy atom. The van der Waals surface area contributed by atoms with E-state index in [9.17, 15) is 19.5 Å². The van der Waals surface area contributed by atoms with Gasteiger partial charge in [0, 0.05) is 25.2 Å². The quantitative estimate of drug-likeness (QED) is 0.0372. The molecule has 8 aromatic rings. The predicted octanol–water partition coefficient (Wildman–Crippen LogP) is 13.2. The topological polar surface area (TPSA) is 187 Å². The van der Waals surface area contributed by atoms with Crippen LogP contribution < -0.4 is 31.5 Å². The number of carbonyl (C=O) groups excluding carboxylic acids is 1. The molecule has 4 heterocycles. The summed E-state index contributed by atoms with van der Waals surface area (Å²) in [5.74, 6) is 2.29. The van der Waals surface area contributed by atoms with Gasteiger partial charge < -0.3 is 48.3 Å². The lowest BCUT2D eigenvalue weighted by molar-refractivity contribution is -0.120. The number of anilines is 2. The largest absolute Gasteiger partial charge is 0.497 e. The molecule has 18 heteroatoms. The summed E-state index contributed by atoms with van der Waals surface area (Å²) in [5, 5.41) is 17.6. The molecule has 2 aliphatic rings. The highest BCUT2D eigenvalue weighted by Gasteiger charge is 2.48. The fourth-order valence-electron chi connectivity index (χ4n) is 11.1. The molecule has 2 aromatic heterocycles. The second kappa shape index (κ2) is 27.1. The third-order valence-electron chi connectivity index (χ3n) is 18.1. The second-order valence-corrected chi connectivity index (χ2v) is 35.5. The van der Waals surface area contributed by atoms with Gasteiger partial charge in [0.2, 0.25) is 0 Å². The van der Waals surface area contributed by atoms with Crippen molar-refractivity contribution in [1.29, 1.82) is 0 Å². The molecular weight excluding hydrogens is 1150 g/mol. The summed E-state index contributed by atoms with van der Waals surface area (Å²) < 4.78 is 39.6. The van der Waals surface area contributed by atoms with E-state index in [1.54, 1.807) is 45.7 Å². The fourth-order valence-corrected chi connectivity index (χ4v) is 13.8. The summed E-state index contributed by atoms with van der Waals surface area (Å²) in [4.78, 5) is 48.3. The molecule has 6 aromatic carbocycles. The molecule has 0 saturated carbocycles. The fraction of sp³-hybridized carbons (Fsp3) is 0.366. The molecule has 0 aliphatic carbocycles. The van der Waals surface area contributed by atoms with Crippen LogP contribution in [0.15, 0.2) is 204 Å². The number of aromatic nitrogens is 4. The molecule has 16 nitrogen and oxygen atoms in total. The summed E-state index contributed by atoms with van der Waals surface area (Å²) in [5.41, 5.74) is 3.06. The molecule has 10 rings (SSSR count). The van der Waals surface area contributed by atoms with Crippen LogP contribution in [0, 0.1) is 0 Å². The number of ether oxygens (including phenoxy) is 4. The third-order valence-corrected chi connectivity index (χ3v) is 27.1. The Bertz CT molecular complexity index is 3650. The zero-order valence-electron chi connectivity index (χ0n) is 53.4.